The molecule has 1 saturated heterocycles. The molecule has 6 heteroatoms. The zero-order valence-electron chi connectivity index (χ0n) is 16.3. The van der Waals surface area contributed by atoms with E-state index in [1.54, 1.807) is 25.1 Å². The Morgan fingerprint density at radius 1 is 0.966 bits per heavy atom. The van der Waals surface area contributed by atoms with Crippen LogP contribution in [0.1, 0.15) is 12.5 Å². The molecule has 1 aliphatic rings. The quantitative estimate of drug-likeness (QED) is 0.690. The van der Waals surface area contributed by atoms with Gasteiger partial charge in [-0.05, 0) is 48.9 Å². The predicted octanol–water partition coefficient (Wildman–Crippen LogP) is 3.94. The minimum Gasteiger partial charge on any atom is -0.325 e. The number of carbonyl (C=O) groups excluding carboxylic acids is 3. The van der Waals surface area contributed by atoms with Gasteiger partial charge in [0.2, 0.25) is 5.91 Å². The van der Waals surface area contributed by atoms with Crippen molar-refractivity contribution in [3.8, 4) is 0 Å². The molecule has 3 aromatic carbocycles. The SMILES string of the molecule is Cc1ccc(N2C(=O)N(CC(=O)Nc3ccc4ccccc4c3)C(=O)[C@H]2C)cc1. The second-order valence-corrected chi connectivity index (χ2v) is 7.20. The molecule has 1 atom stereocenters. The molecule has 0 aromatic heterocycles. The van der Waals surface area contributed by atoms with Crippen LogP contribution in [0, 0.1) is 6.92 Å². The van der Waals surface area contributed by atoms with Crippen molar-refractivity contribution in [2.45, 2.75) is 19.9 Å². The predicted molar refractivity (Wildman–Crippen MR) is 113 cm³/mol. The molecule has 1 N–H and O–H groups in total. The van der Waals surface area contributed by atoms with E-state index in [0.29, 0.717) is 11.4 Å². The minimum absolute atomic E-state index is 0.322. The molecule has 0 aliphatic carbocycles. The average Bonchev–Trinajstić information content (AvgIpc) is 2.92. The van der Waals surface area contributed by atoms with Crippen LogP contribution in [0.25, 0.3) is 10.8 Å². The maximum Gasteiger partial charge on any atom is 0.332 e. The fourth-order valence-corrected chi connectivity index (χ4v) is 3.52. The third kappa shape index (κ3) is 3.57. The van der Waals surface area contributed by atoms with E-state index in [0.717, 1.165) is 21.2 Å². The number of nitrogens with zero attached hydrogens (tertiary/aromatic N) is 2. The van der Waals surface area contributed by atoms with Crippen molar-refractivity contribution in [1.29, 1.82) is 0 Å². The number of benzene rings is 3. The highest BCUT2D eigenvalue weighted by atomic mass is 16.2. The number of amides is 4. The van der Waals surface area contributed by atoms with E-state index in [1.165, 1.54) is 4.90 Å². The molecule has 1 aliphatic heterocycles. The van der Waals surface area contributed by atoms with Gasteiger partial charge in [-0.15, -0.1) is 0 Å². The zero-order valence-corrected chi connectivity index (χ0v) is 16.3. The average molecular weight is 387 g/mol. The van der Waals surface area contributed by atoms with Gasteiger partial charge in [0.15, 0.2) is 0 Å². The number of hydrogen-bond donors (Lipinski definition) is 1. The van der Waals surface area contributed by atoms with Crippen LogP contribution < -0.4 is 10.2 Å². The molecule has 146 valence electrons. The van der Waals surface area contributed by atoms with Gasteiger partial charge in [0.1, 0.15) is 12.6 Å². The number of imide groups is 1. The number of anilines is 2. The van der Waals surface area contributed by atoms with Gasteiger partial charge >= 0.3 is 6.03 Å². The second kappa shape index (κ2) is 7.39. The highest BCUT2D eigenvalue weighted by molar-refractivity contribution is 6.16. The van der Waals surface area contributed by atoms with Crippen molar-refractivity contribution in [2.24, 2.45) is 0 Å². The van der Waals surface area contributed by atoms with E-state index in [1.807, 2.05) is 55.5 Å². The lowest BCUT2D eigenvalue weighted by atomic mass is 10.1. The summed E-state index contributed by atoms with van der Waals surface area (Å²) in [5.74, 6) is -0.802. The smallest absolute Gasteiger partial charge is 0.325 e. The Labute approximate surface area is 168 Å². The molecule has 29 heavy (non-hydrogen) atoms. The van der Waals surface area contributed by atoms with Gasteiger partial charge in [-0.3, -0.25) is 19.4 Å². The summed E-state index contributed by atoms with van der Waals surface area (Å²) >= 11 is 0. The Balaban J connectivity index is 1.49. The summed E-state index contributed by atoms with van der Waals surface area (Å²) in [6.07, 6.45) is 0. The van der Waals surface area contributed by atoms with E-state index >= 15 is 0 Å². The third-order valence-corrected chi connectivity index (χ3v) is 5.09. The van der Waals surface area contributed by atoms with E-state index in [-0.39, 0.29) is 12.5 Å². The Morgan fingerprint density at radius 2 is 1.66 bits per heavy atom. The normalized spacial score (nSPS) is 16.6. The summed E-state index contributed by atoms with van der Waals surface area (Å²) in [7, 11) is 0. The second-order valence-electron chi connectivity index (χ2n) is 7.20. The van der Waals surface area contributed by atoms with Crippen molar-refractivity contribution >= 4 is 40.0 Å². The highest BCUT2D eigenvalue weighted by Crippen LogP contribution is 2.26. The lowest BCUT2D eigenvalue weighted by molar-refractivity contribution is -0.130. The summed E-state index contributed by atoms with van der Waals surface area (Å²) in [6, 6.07) is 19.6. The number of aryl methyl sites for hydroxylation is 1. The first kappa shape index (κ1) is 18.7. The van der Waals surface area contributed by atoms with Crippen molar-refractivity contribution in [1.82, 2.24) is 4.90 Å². The standard InChI is InChI=1S/C23H21N3O3/c1-15-7-11-20(12-8-15)26-16(2)22(28)25(23(26)29)14-21(27)24-19-10-9-17-5-3-4-6-18(17)13-19/h3-13,16H,14H2,1-2H3,(H,24,27)/t16-/m1/s1. The van der Waals surface area contributed by atoms with Crippen LogP contribution in [-0.4, -0.2) is 35.3 Å². The maximum atomic E-state index is 12.8. The van der Waals surface area contributed by atoms with Crippen LogP contribution in [0.4, 0.5) is 16.2 Å². The number of rotatable bonds is 4. The molecule has 0 spiro atoms. The van der Waals surface area contributed by atoms with Gasteiger partial charge in [-0.1, -0.05) is 48.0 Å². The summed E-state index contributed by atoms with van der Waals surface area (Å²) in [4.78, 5) is 40.4. The Morgan fingerprint density at radius 3 is 2.38 bits per heavy atom. The summed E-state index contributed by atoms with van der Waals surface area (Å²) in [5, 5.41) is 4.84. The lowest BCUT2D eigenvalue weighted by Crippen LogP contribution is -2.39. The molecule has 0 unspecified atom stereocenters. The van der Waals surface area contributed by atoms with Gasteiger partial charge in [-0.2, -0.15) is 0 Å². The Kier molecular flexibility index (Phi) is 4.76. The van der Waals surface area contributed by atoms with E-state index < -0.39 is 18.0 Å². The van der Waals surface area contributed by atoms with Gasteiger partial charge in [0.05, 0.1) is 0 Å². The van der Waals surface area contributed by atoms with Crippen LogP contribution >= 0.6 is 0 Å². The topological polar surface area (TPSA) is 69.7 Å². The lowest BCUT2D eigenvalue weighted by Gasteiger charge is -2.19. The molecule has 0 bridgehead atoms. The van der Waals surface area contributed by atoms with Gasteiger partial charge in [-0.25, -0.2) is 4.79 Å². The van der Waals surface area contributed by atoms with E-state index in [2.05, 4.69) is 5.32 Å². The molecular weight excluding hydrogens is 366 g/mol. The molecule has 4 amide bonds. The first-order valence-corrected chi connectivity index (χ1v) is 9.44. The number of fused-ring (bicyclic) bond motifs is 1. The maximum absolute atomic E-state index is 12.8. The molecule has 0 saturated carbocycles. The van der Waals surface area contributed by atoms with E-state index in [4.69, 9.17) is 0 Å². The monoisotopic (exact) mass is 387 g/mol. The molecule has 6 nitrogen and oxygen atoms in total. The number of carbonyl (C=O) groups is 3. The van der Waals surface area contributed by atoms with Gasteiger partial charge in [0, 0.05) is 11.4 Å². The Bertz CT molecular complexity index is 1110. The van der Waals surface area contributed by atoms with Crippen LogP contribution in [0.15, 0.2) is 66.7 Å². The van der Waals surface area contributed by atoms with Crippen LogP contribution in [0.5, 0.6) is 0 Å². The fraction of sp³-hybridized carbons (Fsp3) is 0.174. The molecule has 1 heterocycles. The minimum atomic E-state index is -0.654. The van der Waals surface area contributed by atoms with Gasteiger partial charge in [0.25, 0.3) is 5.91 Å². The van der Waals surface area contributed by atoms with Crippen LogP contribution in [0.3, 0.4) is 0 Å². The van der Waals surface area contributed by atoms with Crippen molar-refractivity contribution in [2.75, 3.05) is 16.8 Å². The first-order chi connectivity index (χ1) is 13.9. The molecule has 1 fully saturated rings. The number of hydrogen-bond acceptors (Lipinski definition) is 3. The summed E-state index contributed by atoms with van der Waals surface area (Å²) < 4.78 is 0. The summed E-state index contributed by atoms with van der Waals surface area (Å²) in [6.45, 7) is 3.30. The molecular formula is C23H21N3O3. The first-order valence-electron chi connectivity index (χ1n) is 9.44. The highest BCUT2D eigenvalue weighted by Gasteiger charge is 2.44. The third-order valence-electron chi connectivity index (χ3n) is 5.09. The fourth-order valence-electron chi connectivity index (χ4n) is 3.52. The van der Waals surface area contributed by atoms with Crippen LogP contribution in [0.2, 0.25) is 0 Å². The van der Waals surface area contributed by atoms with Crippen LogP contribution in [-0.2, 0) is 9.59 Å². The molecule has 3 aromatic rings. The summed E-state index contributed by atoms with van der Waals surface area (Å²) in [5.41, 5.74) is 2.32. The van der Waals surface area contributed by atoms with Crippen molar-refractivity contribution in [3.63, 3.8) is 0 Å². The zero-order chi connectivity index (χ0) is 20.5. The van der Waals surface area contributed by atoms with Crippen molar-refractivity contribution in [3.05, 3.63) is 72.3 Å². The van der Waals surface area contributed by atoms with E-state index in [9.17, 15) is 14.4 Å². The largest absolute Gasteiger partial charge is 0.332 e. The Hall–Kier alpha value is -3.67. The van der Waals surface area contributed by atoms with Gasteiger partial charge < -0.3 is 5.32 Å². The number of nitrogens with one attached hydrogen (secondary N) is 1. The van der Waals surface area contributed by atoms with Crippen molar-refractivity contribution < 1.29 is 14.4 Å². The molecule has 0 radical (unpaired) electrons. The molecule has 4 rings (SSSR count). The number of urea groups is 1.